The van der Waals surface area contributed by atoms with Crippen LogP contribution >= 0.6 is 0 Å². The Labute approximate surface area is 119 Å². The molecule has 0 bridgehead atoms. The summed E-state index contributed by atoms with van der Waals surface area (Å²) in [7, 11) is 0. The maximum absolute atomic E-state index is 5.84. The molecule has 3 nitrogen and oxygen atoms in total. The van der Waals surface area contributed by atoms with Gasteiger partial charge in [-0.25, -0.2) is 0 Å². The maximum atomic E-state index is 5.84. The van der Waals surface area contributed by atoms with E-state index in [1.165, 1.54) is 5.56 Å². The quantitative estimate of drug-likeness (QED) is 0.834. The molecule has 1 fully saturated rings. The number of hydrogen-bond acceptors (Lipinski definition) is 3. The van der Waals surface area contributed by atoms with E-state index in [4.69, 9.17) is 14.2 Å². The highest BCUT2D eigenvalue weighted by Gasteiger charge is 2.27. The molecule has 2 aromatic rings. The van der Waals surface area contributed by atoms with Gasteiger partial charge in [0, 0.05) is 5.56 Å². The van der Waals surface area contributed by atoms with Crippen LogP contribution in [0.25, 0.3) is 0 Å². The van der Waals surface area contributed by atoms with Gasteiger partial charge in [-0.2, -0.15) is 0 Å². The predicted molar refractivity (Wildman–Crippen MR) is 76.1 cm³/mol. The van der Waals surface area contributed by atoms with Crippen molar-refractivity contribution >= 4 is 0 Å². The Hall–Kier alpha value is -1.68. The fourth-order valence-corrected chi connectivity index (χ4v) is 2.20. The van der Waals surface area contributed by atoms with Crippen LogP contribution in [0.3, 0.4) is 0 Å². The van der Waals surface area contributed by atoms with Crippen molar-refractivity contribution in [2.24, 2.45) is 0 Å². The monoisotopic (exact) mass is 270 g/mol. The average molecular weight is 270 g/mol. The van der Waals surface area contributed by atoms with Gasteiger partial charge in [0.1, 0.15) is 6.10 Å². The second-order valence-electron chi connectivity index (χ2n) is 4.83. The highest BCUT2D eigenvalue weighted by Crippen LogP contribution is 2.26. The number of benzene rings is 2. The van der Waals surface area contributed by atoms with Crippen LogP contribution in [0.4, 0.5) is 0 Å². The molecule has 2 atom stereocenters. The number of ether oxygens (including phenoxy) is 3. The van der Waals surface area contributed by atoms with Crippen LogP contribution in [0.15, 0.2) is 60.7 Å². The lowest BCUT2D eigenvalue weighted by atomic mass is 10.2. The zero-order valence-electron chi connectivity index (χ0n) is 11.3. The van der Waals surface area contributed by atoms with Crippen LogP contribution in [0.5, 0.6) is 0 Å². The van der Waals surface area contributed by atoms with E-state index in [0.29, 0.717) is 19.8 Å². The summed E-state index contributed by atoms with van der Waals surface area (Å²) < 4.78 is 17.2. The summed E-state index contributed by atoms with van der Waals surface area (Å²) in [6, 6.07) is 20.1. The summed E-state index contributed by atoms with van der Waals surface area (Å²) in [4.78, 5) is 0. The van der Waals surface area contributed by atoms with Crippen molar-refractivity contribution in [3.63, 3.8) is 0 Å². The first kappa shape index (κ1) is 13.3. The largest absolute Gasteiger partial charge is 0.374 e. The molecule has 0 radical (unpaired) electrons. The van der Waals surface area contributed by atoms with Crippen LogP contribution in [-0.2, 0) is 20.8 Å². The second-order valence-corrected chi connectivity index (χ2v) is 4.83. The Morgan fingerprint density at radius 3 is 2.40 bits per heavy atom. The van der Waals surface area contributed by atoms with Crippen molar-refractivity contribution in [1.82, 2.24) is 0 Å². The standard InChI is InChI=1S/C17H18O3/c1-3-7-14(8-4-1)11-18-12-16-13-19-17(20-16)15-9-5-2-6-10-15/h1-10,16-17H,11-13H2/t16-,17+/m0/s1. The minimum absolute atomic E-state index is 0.00363. The van der Waals surface area contributed by atoms with Crippen LogP contribution in [0, 0.1) is 0 Å². The minimum Gasteiger partial charge on any atom is -0.374 e. The second kappa shape index (κ2) is 6.66. The normalized spacial score (nSPS) is 22.0. The molecule has 1 heterocycles. The van der Waals surface area contributed by atoms with E-state index in [1.54, 1.807) is 0 Å². The van der Waals surface area contributed by atoms with Gasteiger partial charge in [0.15, 0.2) is 6.29 Å². The van der Waals surface area contributed by atoms with E-state index in [9.17, 15) is 0 Å². The lowest BCUT2D eigenvalue weighted by Gasteiger charge is -2.12. The van der Waals surface area contributed by atoms with E-state index >= 15 is 0 Å². The molecule has 0 N–H and O–H groups in total. The lowest BCUT2D eigenvalue weighted by Crippen LogP contribution is -2.17. The highest BCUT2D eigenvalue weighted by atomic mass is 16.7. The molecule has 3 rings (SSSR count). The average Bonchev–Trinajstić information content (AvgIpc) is 2.98. The number of rotatable bonds is 5. The summed E-state index contributed by atoms with van der Waals surface area (Å²) in [5.74, 6) is 0. The molecule has 0 aromatic heterocycles. The Balaban J connectivity index is 1.44. The Morgan fingerprint density at radius 1 is 0.950 bits per heavy atom. The van der Waals surface area contributed by atoms with Crippen LogP contribution in [0.2, 0.25) is 0 Å². The van der Waals surface area contributed by atoms with Gasteiger partial charge in [-0.15, -0.1) is 0 Å². The van der Waals surface area contributed by atoms with Crippen molar-refractivity contribution in [3.8, 4) is 0 Å². The zero-order valence-corrected chi connectivity index (χ0v) is 11.3. The minimum atomic E-state index is -0.262. The third-order valence-electron chi connectivity index (χ3n) is 3.24. The summed E-state index contributed by atoms with van der Waals surface area (Å²) in [5, 5.41) is 0. The molecule has 1 aliphatic heterocycles. The van der Waals surface area contributed by atoms with E-state index in [0.717, 1.165) is 5.56 Å². The van der Waals surface area contributed by atoms with E-state index in [2.05, 4.69) is 12.1 Å². The Kier molecular flexibility index (Phi) is 4.43. The van der Waals surface area contributed by atoms with Gasteiger partial charge in [0.2, 0.25) is 0 Å². The van der Waals surface area contributed by atoms with Crippen molar-refractivity contribution in [2.75, 3.05) is 13.2 Å². The molecule has 20 heavy (non-hydrogen) atoms. The molecule has 2 aromatic carbocycles. The summed E-state index contributed by atoms with van der Waals surface area (Å²) in [5.41, 5.74) is 2.23. The Bertz CT molecular complexity index is 512. The first-order chi connectivity index (χ1) is 9.92. The molecule has 0 spiro atoms. The molecular formula is C17H18O3. The SMILES string of the molecule is c1ccc(COC[C@H]2CO[C@@H](c3ccccc3)O2)cc1. The van der Waals surface area contributed by atoms with Gasteiger partial charge in [0.05, 0.1) is 19.8 Å². The summed E-state index contributed by atoms with van der Waals surface area (Å²) in [6.45, 7) is 1.74. The third kappa shape index (κ3) is 3.45. The summed E-state index contributed by atoms with van der Waals surface area (Å²) >= 11 is 0. The van der Waals surface area contributed by atoms with Crippen LogP contribution < -0.4 is 0 Å². The van der Waals surface area contributed by atoms with E-state index in [1.807, 2.05) is 48.5 Å². The van der Waals surface area contributed by atoms with Crippen molar-refractivity contribution in [1.29, 1.82) is 0 Å². The highest BCUT2D eigenvalue weighted by molar-refractivity contribution is 5.16. The maximum Gasteiger partial charge on any atom is 0.184 e. The molecule has 0 aliphatic carbocycles. The first-order valence-corrected chi connectivity index (χ1v) is 6.85. The smallest absolute Gasteiger partial charge is 0.184 e. The molecule has 3 heteroatoms. The summed E-state index contributed by atoms with van der Waals surface area (Å²) in [6.07, 6.45) is -0.259. The van der Waals surface area contributed by atoms with Gasteiger partial charge in [-0.1, -0.05) is 60.7 Å². The molecule has 1 aliphatic rings. The van der Waals surface area contributed by atoms with Gasteiger partial charge in [0.25, 0.3) is 0 Å². The van der Waals surface area contributed by atoms with Crippen LogP contribution in [0.1, 0.15) is 17.4 Å². The molecule has 104 valence electrons. The van der Waals surface area contributed by atoms with Gasteiger partial charge >= 0.3 is 0 Å². The molecule has 0 unspecified atom stereocenters. The molecule has 0 amide bonds. The zero-order chi connectivity index (χ0) is 13.6. The first-order valence-electron chi connectivity index (χ1n) is 6.85. The Morgan fingerprint density at radius 2 is 1.65 bits per heavy atom. The third-order valence-corrected chi connectivity index (χ3v) is 3.24. The lowest BCUT2D eigenvalue weighted by molar-refractivity contribution is -0.0751. The fourth-order valence-electron chi connectivity index (χ4n) is 2.20. The predicted octanol–water partition coefficient (Wildman–Crippen LogP) is 3.32. The van der Waals surface area contributed by atoms with Crippen molar-refractivity contribution in [3.05, 3.63) is 71.8 Å². The van der Waals surface area contributed by atoms with Gasteiger partial charge in [-0.3, -0.25) is 0 Å². The van der Waals surface area contributed by atoms with Gasteiger partial charge < -0.3 is 14.2 Å². The fraction of sp³-hybridized carbons (Fsp3) is 0.294. The number of hydrogen-bond donors (Lipinski definition) is 0. The molecular weight excluding hydrogens is 252 g/mol. The molecule has 0 saturated carbocycles. The van der Waals surface area contributed by atoms with E-state index < -0.39 is 0 Å². The van der Waals surface area contributed by atoms with Gasteiger partial charge in [-0.05, 0) is 5.56 Å². The van der Waals surface area contributed by atoms with Crippen LogP contribution in [-0.4, -0.2) is 19.3 Å². The van der Waals surface area contributed by atoms with Crippen molar-refractivity contribution < 1.29 is 14.2 Å². The topological polar surface area (TPSA) is 27.7 Å². The van der Waals surface area contributed by atoms with Crippen molar-refractivity contribution in [2.45, 2.75) is 19.0 Å². The van der Waals surface area contributed by atoms with E-state index in [-0.39, 0.29) is 12.4 Å². The molecule has 1 saturated heterocycles.